The topological polar surface area (TPSA) is 42.5 Å². The molecule has 0 aliphatic carbocycles. The average Bonchev–Trinajstić information content (AvgIpc) is 2.59. The standard InChI is InChI=1S/C21H24N2O2/c1-5-7-16-19-13(18-15(24-4)8-6-9-17(18)25-16)10-11-14-20(19)22-12-21(2,3)23-14/h5-6,8-11,16,22-23H,1,7,12H2,2-4H3. The number of benzene rings is 2. The van der Waals surface area contributed by atoms with E-state index in [0.717, 1.165) is 41.4 Å². The molecule has 4 rings (SSSR count). The Morgan fingerprint density at radius 1 is 1.32 bits per heavy atom. The molecule has 0 aromatic heterocycles. The monoisotopic (exact) mass is 336 g/mol. The molecule has 1 atom stereocenters. The van der Waals surface area contributed by atoms with Crippen molar-refractivity contribution in [2.75, 3.05) is 24.3 Å². The molecule has 0 saturated carbocycles. The number of fused-ring (bicyclic) bond motifs is 5. The van der Waals surface area contributed by atoms with Crippen molar-refractivity contribution in [3.8, 4) is 22.6 Å². The molecule has 1 unspecified atom stereocenters. The first kappa shape index (κ1) is 15.9. The minimum atomic E-state index is -0.0578. The van der Waals surface area contributed by atoms with Crippen molar-refractivity contribution in [2.45, 2.75) is 31.9 Å². The molecule has 0 bridgehead atoms. The number of hydrogen-bond acceptors (Lipinski definition) is 4. The summed E-state index contributed by atoms with van der Waals surface area (Å²) in [6.07, 6.45) is 2.61. The SMILES string of the molecule is C=CCC1Oc2cccc(OC)c2-c2ccc3c(c21)NCC(C)(C)N3. The van der Waals surface area contributed by atoms with E-state index in [1.165, 1.54) is 11.1 Å². The fourth-order valence-corrected chi connectivity index (χ4v) is 3.76. The van der Waals surface area contributed by atoms with E-state index in [2.05, 4.69) is 43.2 Å². The first-order valence-corrected chi connectivity index (χ1v) is 8.68. The summed E-state index contributed by atoms with van der Waals surface area (Å²) in [5.74, 6) is 1.70. The quantitative estimate of drug-likeness (QED) is 0.775. The normalized spacial score (nSPS) is 19.2. The van der Waals surface area contributed by atoms with Crippen LogP contribution in [0.4, 0.5) is 11.4 Å². The molecular formula is C21H24N2O2. The number of anilines is 2. The van der Waals surface area contributed by atoms with Gasteiger partial charge in [-0.2, -0.15) is 0 Å². The third-order valence-electron chi connectivity index (χ3n) is 4.87. The molecule has 4 nitrogen and oxygen atoms in total. The number of nitrogens with one attached hydrogen (secondary N) is 2. The summed E-state index contributed by atoms with van der Waals surface area (Å²) in [6.45, 7) is 9.15. The second-order valence-corrected chi connectivity index (χ2v) is 7.28. The van der Waals surface area contributed by atoms with Gasteiger partial charge in [0.1, 0.15) is 17.6 Å². The van der Waals surface area contributed by atoms with E-state index in [4.69, 9.17) is 9.47 Å². The predicted octanol–water partition coefficient (Wildman–Crippen LogP) is 4.99. The van der Waals surface area contributed by atoms with Gasteiger partial charge in [0.15, 0.2) is 0 Å². The zero-order chi connectivity index (χ0) is 17.6. The third-order valence-corrected chi connectivity index (χ3v) is 4.87. The smallest absolute Gasteiger partial charge is 0.131 e. The molecule has 2 heterocycles. The Bertz CT molecular complexity index is 842. The average molecular weight is 336 g/mol. The van der Waals surface area contributed by atoms with Gasteiger partial charge in [0, 0.05) is 24.1 Å². The van der Waals surface area contributed by atoms with Crippen molar-refractivity contribution in [1.29, 1.82) is 0 Å². The summed E-state index contributed by atoms with van der Waals surface area (Å²) >= 11 is 0. The second-order valence-electron chi connectivity index (χ2n) is 7.28. The Morgan fingerprint density at radius 3 is 2.92 bits per heavy atom. The molecule has 0 amide bonds. The van der Waals surface area contributed by atoms with Gasteiger partial charge in [-0.15, -0.1) is 6.58 Å². The fraction of sp³-hybridized carbons (Fsp3) is 0.333. The van der Waals surface area contributed by atoms with Gasteiger partial charge >= 0.3 is 0 Å². The molecule has 2 aliphatic rings. The summed E-state index contributed by atoms with van der Waals surface area (Å²) in [7, 11) is 1.70. The lowest BCUT2D eigenvalue weighted by Gasteiger charge is -2.39. The van der Waals surface area contributed by atoms with Gasteiger partial charge in [-0.3, -0.25) is 0 Å². The van der Waals surface area contributed by atoms with Crippen molar-refractivity contribution < 1.29 is 9.47 Å². The molecule has 0 radical (unpaired) electrons. The first-order chi connectivity index (χ1) is 12.0. The van der Waals surface area contributed by atoms with Gasteiger partial charge in [-0.1, -0.05) is 18.2 Å². The Balaban J connectivity index is 1.95. The maximum Gasteiger partial charge on any atom is 0.131 e. The van der Waals surface area contributed by atoms with Gasteiger partial charge in [-0.25, -0.2) is 0 Å². The minimum Gasteiger partial charge on any atom is -0.496 e. The number of rotatable bonds is 3. The lowest BCUT2D eigenvalue weighted by atomic mass is 9.87. The Labute approximate surface area is 148 Å². The van der Waals surface area contributed by atoms with E-state index in [1.54, 1.807) is 7.11 Å². The van der Waals surface area contributed by atoms with Crippen LogP contribution in [0.2, 0.25) is 0 Å². The van der Waals surface area contributed by atoms with Crippen molar-refractivity contribution in [3.05, 3.63) is 48.6 Å². The van der Waals surface area contributed by atoms with Crippen LogP contribution in [0.5, 0.6) is 11.5 Å². The maximum atomic E-state index is 6.34. The summed E-state index contributed by atoms with van der Waals surface area (Å²) in [4.78, 5) is 0. The number of ether oxygens (including phenoxy) is 2. The van der Waals surface area contributed by atoms with Crippen molar-refractivity contribution >= 4 is 11.4 Å². The van der Waals surface area contributed by atoms with E-state index in [9.17, 15) is 0 Å². The second kappa shape index (κ2) is 5.73. The Kier molecular flexibility index (Phi) is 3.64. The molecule has 25 heavy (non-hydrogen) atoms. The third kappa shape index (κ3) is 2.53. The van der Waals surface area contributed by atoms with Gasteiger partial charge in [0.25, 0.3) is 0 Å². The maximum absolute atomic E-state index is 6.34. The van der Waals surface area contributed by atoms with Crippen LogP contribution in [0.3, 0.4) is 0 Å². The highest BCUT2D eigenvalue weighted by molar-refractivity contribution is 5.90. The Hall–Kier alpha value is -2.62. The van der Waals surface area contributed by atoms with E-state index in [1.807, 2.05) is 24.3 Å². The molecule has 0 spiro atoms. The zero-order valence-corrected chi connectivity index (χ0v) is 15.0. The number of methoxy groups -OCH3 is 1. The molecule has 2 aliphatic heterocycles. The highest BCUT2D eigenvalue weighted by Crippen LogP contribution is 2.52. The molecule has 130 valence electrons. The van der Waals surface area contributed by atoms with E-state index in [0.29, 0.717) is 0 Å². The van der Waals surface area contributed by atoms with Crippen LogP contribution in [-0.2, 0) is 0 Å². The molecule has 0 saturated heterocycles. The summed E-state index contributed by atoms with van der Waals surface area (Å²) in [5.41, 5.74) is 5.62. The highest BCUT2D eigenvalue weighted by Gasteiger charge is 2.34. The van der Waals surface area contributed by atoms with Crippen molar-refractivity contribution in [1.82, 2.24) is 0 Å². The van der Waals surface area contributed by atoms with Gasteiger partial charge < -0.3 is 20.1 Å². The lowest BCUT2D eigenvalue weighted by molar-refractivity contribution is 0.205. The minimum absolute atomic E-state index is 0.0142. The largest absolute Gasteiger partial charge is 0.496 e. The predicted molar refractivity (Wildman–Crippen MR) is 103 cm³/mol. The molecule has 2 aromatic rings. The molecule has 4 heteroatoms. The van der Waals surface area contributed by atoms with Crippen LogP contribution >= 0.6 is 0 Å². The van der Waals surface area contributed by atoms with Crippen molar-refractivity contribution in [3.63, 3.8) is 0 Å². The number of hydrogen-bond donors (Lipinski definition) is 2. The van der Waals surface area contributed by atoms with Crippen LogP contribution in [0, 0.1) is 0 Å². The van der Waals surface area contributed by atoms with Crippen LogP contribution in [-0.4, -0.2) is 19.2 Å². The highest BCUT2D eigenvalue weighted by atomic mass is 16.5. The molecule has 2 N–H and O–H groups in total. The molecule has 2 aromatic carbocycles. The zero-order valence-electron chi connectivity index (χ0n) is 15.0. The first-order valence-electron chi connectivity index (χ1n) is 8.68. The summed E-state index contributed by atoms with van der Waals surface area (Å²) in [6, 6.07) is 10.3. The van der Waals surface area contributed by atoms with Crippen LogP contribution in [0.1, 0.15) is 31.9 Å². The Morgan fingerprint density at radius 2 is 2.16 bits per heavy atom. The molecule has 0 fully saturated rings. The fourth-order valence-electron chi connectivity index (χ4n) is 3.76. The van der Waals surface area contributed by atoms with E-state index < -0.39 is 0 Å². The van der Waals surface area contributed by atoms with Gasteiger partial charge in [0.2, 0.25) is 0 Å². The lowest BCUT2D eigenvalue weighted by Crippen LogP contribution is -2.42. The van der Waals surface area contributed by atoms with E-state index >= 15 is 0 Å². The van der Waals surface area contributed by atoms with Gasteiger partial charge in [0.05, 0.1) is 24.0 Å². The summed E-state index contributed by atoms with van der Waals surface area (Å²) < 4.78 is 11.9. The van der Waals surface area contributed by atoms with Crippen LogP contribution in [0.25, 0.3) is 11.1 Å². The van der Waals surface area contributed by atoms with E-state index in [-0.39, 0.29) is 11.6 Å². The van der Waals surface area contributed by atoms with Crippen LogP contribution in [0.15, 0.2) is 43.0 Å². The van der Waals surface area contributed by atoms with Crippen molar-refractivity contribution in [2.24, 2.45) is 0 Å². The van der Waals surface area contributed by atoms with Crippen LogP contribution < -0.4 is 20.1 Å². The summed E-state index contributed by atoms with van der Waals surface area (Å²) in [5, 5.41) is 7.25. The molecular weight excluding hydrogens is 312 g/mol. The van der Waals surface area contributed by atoms with Gasteiger partial charge in [-0.05, 0) is 37.6 Å².